The third-order valence-electron chi connectivity index (χ3n) is 4.36. The predicted octanol–water partition coefficient (Wildman–Crippen LogP) is 3.44. The number of rotatable bonds is 5. The Morgan fingerprint density at radius 1 is 1.26 bits per heavy atom. The highest BCUT2D eigenvalue weighted by Gasteiger charge is 2.51. The maximum Gasteiger partial charge on any atom is 0.346 e. The van der Waals surface area contributed by atoms with E-state index >= 15 is 0 Å². The first kappa shape index (κ1) is 18.5. The molecule has 1 fully saturated rings. The van der Waals surface area contributed by atoms with Gasteiger partial charge in [-0.15, -0.1) is 5.01 Å². The predicted molar refractivity (Wildman–Crippen MR) is 99.5 cm³/mol. The molecule has 0 radical (unpaired) electrons. The quantitative estimate of drug-likeness (QED) is 0.367. The van der Waals surface area contributed by atoms with Gasteiger partial charge in [-0.25, -0.2) is 4.79 Å². The fourth-order valence-electron chi connectivity index (χ4n) is 2.90. The van der Waals surface area contributed by atoms with E-state index in [1.54, 1.807) is 31.2 Å². The van der Waals surface area contributed by atoms with Crippen molar-refractivity contribution in [3.8, 4) is 0 Å². The lowest BCUT2D eigenvalue weighted by atomic mass is 9.87. The Bertz CT molecular complexity index is 948. The molecule has 27 heavy (non-hydrogen) atoms. The molecule has 0 spiro atoms. The van der Waals surface area contributed by atoms with Crippen molar-refractivity contribution >= 4 is 35.4 Å². The number of nitro benzene ring substituents is 1. The van der Waals surface area contributed by atoms with Gasteiger partial charge in [0.25, 0.3) is 11.6 Å². The van der Waals surface area contributed by atoms with Crippen LogP contribution in [0.4, 0.5) is 10.5 Å². The zero-order valence-electron chi connectivity index (χ0n) is 14.3. The van der Waals surface area contributed by atoms with Crippen molar-refractivity contribution < 1.29 is 14.5 Å². The second kappa shape index (κ2) is 7.16. The van der Waals surface area contributed by atoms with Gasteiger partial charge in [-0.3, -0.25) is 14.9 Å². The number of nitrogens with zero attached hydrogens (tertiary/aromatic N) is 3. The minimum Gasteiger partial charge on any atom is -0.318 e. The van der Waals surface area contributed by atoms with Crippen LogP contribution >= 0.6 is 11.6 Å². The standard InChI is InChI=1S/C18H15ClN4O4/c1-2-18(13-6-4-3-5-7-13)16(24)22(17(25)21-18)20-11-12-8-9-14(19)15(10-12)23(26)27/h3-11H,2H2,1H3,(H,21,25)/b20-11-/t18-/m0/s1. The van der Waals surface area contributed by atoms with E-state index < -0.39 is 22.4 Å². The molecule has 0 unspecified atom stereocenters. The number of halogens is 1. The minimum atomic E-state index is -1.19. The van der Waals surface area contributed by atoms with E-state index in [-0.39, 0.29) is 10.7 Å². The smallest absolute Gasteiger partial charge is 0.318 e. The van der Waals surface area contributed by atoms with E-state index in [0.29, 0.717) is 17.5 Å². The highest BCUT2D eigenvalue weighted by Crippen LogP contribution is 2.32. The summed E-state index contributed by atoms with van der Waals surface area (Å²) in [6.45, 7) is 1.79. The number of hydrazone groups is 1. The van der Waals surface area contributed by atoms with Gasteiger partial charge in [0.2, 0.25) is 0 Å². The number of carbonyl (C=O) groups is 2. The molecule has 8 nitrogen and oxygen atoms in total. The summed E-state index contributed by atoms with van der Waals surface area (Å²) < 4.78 is 0. The number of amides is 3. The molecule has 2 aromatic carbocycles. The number of nitro groups is 1. The highest BCUT2D eigenvalue weighted by atomic mass is 35.5. The normalized spacial score (nSPS) is 19.6. The molecule has 2 aromatic rings. The van der Waals surface area contributed by atoms with Gasteiger partial charge in [0, 0.05) is 11.6 Å². The van der Waals surface area contributed by atoms with Crippen molar-refractivity contribution in [2.24, 2.45) is 5.10 Å². The lowest BCUT2D eigenvalue weighted by Crippen LogP contribution is -2.43. The van der Waals surface area contributed by atoms with E-state index in [1.807, 2.05) is 6.07 Å². The topological polar surface area (TPSA) is 105 Å². The molecule has 3 rings (SSSR count). The average molecular weight is 387 g/mol. The molecule has 1 aliphatic rings. The summed E-state index contributed by atoms with van der Waals surface area (Å²) >= 11 is 5.77. The third kappa shape index (κ3) is 3.26. The third-order valence-corrected chi connectivity index (χ3v) is 4.68. The lowest BCUT2D eigenvalue weighted by molar-refractivity contribution is -0.384. The van der Waals surface area contributed by atoms with Gasteiger partial charge < -0.3 is 5.32 Å². The zero-order chi connectivity index (χ0) is 19.6. The van der Waals surface area contributed by atoms with Crippen LogP contribution in [0.2, 0.25) is 5.02 Å². The van der Waals surface area contributed by atoms with Crippen molar-refractivity contribution in [2.45, 2.75) is 18.9 Å². The van der Waals surface area contributed by atoms with Crippen molar-refractivity contribution in [2.75, 3.05) is 0 Å². The van der Waals surface area contributed by atoms with E-state index in [2.05, 4.69) is 10.4 Å². The summed E-state index contributed by atoms with van der Waals surface area (Å²) in [6.07, 6.45) is 1.55. The molecule has 1 saturated heterocycles. The van der Waals surface area contributed by atoms with Crippen molar-refractivity contribution in [3.63, 3.8) is 0 Å². The summed E-state index contributed by atoms with van der Waals surface area (Å²) in [5, 5.41) is 18.3. The number of hydrogen-bond acceptors (Lipinski definition) is 5. The number of carbonyl (C=O) groups excluding carboxylic acids is 2. The second-order valence-corrected chi connectivity index (χ2v) is 6.29. The van der Waals surface area contributed by atoms with E-state index in [4.69, 9.17) is 11.6 Å². The van der Waals surface area contributed by atoms with Gasteiger partial charge in [0.1, 0.15) is 10.6 Å². The number of hydrogen-bond donors (Lipinski definition) is 1. The van der Waals surface area contributed by atoms with Gasteiger partial charge >= 0.3 is 6.03 Å². The van der Waals surface area contributed by atoms with Crippen LogP contribution in [-0.2, 0) is 10.3 Å². The van der Waals surface area contributed by atoms with Crippen molar-refractivity contribution in [1.29, 1.82) is 0 Å². The van der Waals surface area contributed by atoms with Crippen LogP contribution in [0.1, 0.15) is 24.5 Å². The SMILES string of the molecule is CC[C@@]1(c2ccccc2)NC(=O)N(/N=C\c2ccc(Cl)c([N+](=O)[O-])c2)C1=O. The molecule has 0 aromatic heterocycles. The zero-order valence-corrected chi connectivity index (χ0v) is 15.0. The molecule has 3 amide bonds. The molecule has 1 heterocycles. The number of benzene rings is 2. The Hall–Kier alpha value is -3.26. The van der Waals surface area contributed by atoms with Crippen LogP contribution in [0, 0.1) is 10.1 Å². The van der Waals surface area contributed by atoms with Crippen LogP contribution in [0.15, 0.2) is 53.6 Å². The Morgan fingerprint density at radius 2 is 1.96 bits per heavy atom. The summed E-state index contributed by atoms with van der Waals surface area (Å²) in [7, 11) is 0. The van der Waals surface area contributed by atoms with Gasteiger partial charge in [-0.05, 0) is 18.1 Å². The molecule has 0 aliphatic carbocycles. The largest absolute Gasteiger partial charge is 0.346 e. The fraction of sp³-hybridized carbons (Fsp3) is 0.167. The number of urea groups is 1. The van der Waals surface area contributed by atoms with Crippen LogP contribution in [0.3, 0.4) is 0 Å². The fourth-order valence-corrected chi connectivity index (χ4v) is 3.09. The highest BCUT2D eigenvalue weighted by molar-refractivity contribution is 6.32. The van der Waals surface area contributed by atoms with Crippen LogP contribution in [0.25, 0.3) is 0 Å². The maximum absolute atomic E-state index is 12.9. The first-order valence-electron chi connectivity index (χ1n) is 8.09. The Morgan fingerprint density at radius 3 is 2.59 bits per heavy atom. The van der Waals surface area contributed by atoms with E-state index in [0.717, 1.165) is 5.01 Å². The van der Waals surface area contributed by atoms with Crippen molar-refractivity contribution in [3.05, 3.63) is 74.8 Å². The van der Waals surface area contributed by atoms with E-state index in [9.17, 15) is 19.7 Å². The Labute approximate surface area is 159 Å². The molecular weight excluding hydrogens is 372 g/mol. The number of imide groups is 1. The average Bonchev–Trinajstić information content (AvgIpc) is 2.92. The van der Waals surface area contributed by atoms with Crippen LogP contribution in [0.5, 0.6) is 0 Å². The summed E-state index contributed by atoms with van der Waals surface area (Å²) in [4.78, 5) is 35.6. The van der Waals surface area contributed by atoms with Crippen LogP contribution in [-0.4, -0.2) is 28.1 Å². The molecule has 1 N–H and O–H groups in total. The molecule has 1 aliphatic heterocycles. The van der Waals surface area contributed by atoms with Gasteiger partial charge in [0.05, 0.1) is 11.1 Å². The van der Waals surface area contributed by atoms with E-state index in [1.165, 1.54) is 24.4 Å². The second-order valence-electron chi connectivity index (χ2n) is 5.88. The molecular formula is C18H15ClN4O4. The van der Waals surface area contributed by atoms with Gasteiger partial charge in [-0.1, -0.05) is 54.9 Å². The monoisotopic (exact) mass is 386 g/mol. The first-order valence-corrected chi connectivity index (χ1v) is 8.47. The summed E-state index contributed by atoms with van der Waals surface area (Å²) in [6, 6.07) is 12.3. The molecule has 9 heteroatoms. The van der Waals surface area contributed by atoms with Gasteiger partial charge in [-0.2, -0.15) is 5.10 Å². The molecule has 1 atom stereocenters. The number of nitrogens with one attached hydrogen (secondary N) is 1. The maximum atomic E-state index is 12.9. The van der Waals surface area contributed by atoms with Gasteiger partial charge in [0.15, 0.2) is 0 Å². The Kier molecular flexibility index (Phi) is 4.91. The molecule has 138 valence electrons. The Balaban J connectivity index is 1.91. The molecule has 0 saturated carbocycles. The first-order chi connectivity index (χ1) is 12.9. The minimum absolute atomic E-state index is 0.0128. The lowest BCUT2D eigenvalue weighted by Gasteiger charge is -2.24. The summed E-state index contributed by atoms with van der Waals surface area (Å²) in [5.41, 5.74) is -0.488. The summed E-state index contributed by atoms with van der Waals surface area (Å²) in [5.74, 6) is -0.513. The van der Waals surface area contributed by atoms with Crippen molar-refractivity contribution in [1.82, 2.24) is 10.3 Å². The molecule has 0 bridgehead atoms. The van der Waals surface area contributed by atoms with Crippen LogP contribution < -0.4 is 5.32 Å².